The van der Waals surface area contributed by atoms with Gasteiger partial charge < -0.3 is 9.15 Å². The zero-order chi connectivity index (χ0) is 19.5. The Labute approximate surface area is 164 Å². The second-order valence-electron chi connectivity index (χ2n) is 6.53. The molecule has 1 unspecified atom stereocenters. The Balaban J connectivity index is 1.50. The van der Waals surface area contributed by atoms with E-state index in [2.05, 4.69) is 0 Å². The molecule has 28 heavy (non-hydrogen) atoms. The highest BCUT2D eigenvalue weighted by atomic mass is 32.2. The van der Waals surface area contributed by atoms with Crippen molar-refractivity contribution in [3.8, 4) is 5.75 Å². The van der Waals surface area contributed by atoms with E-state index in [1.165, 1.54) is 6.26 Å². The van der Waals surface area contributed by atoms with Crippen LogP contribution in [0.15, 0.2) is 64.1 Å². The van der Waals surface area contributed by atoms with Crippen molar-refractivity contribution in [1.29, 1.82) is 0 Å². The number of nitrogens with zero attached hydrogens (tertiary/aromatic N) is 1. The number of carbonyl (C=O) groups is 1. The summed E-state index contributed by atoms with van der Waals surface area (Å²) in [4.78, 5) is 12.5. The number of hydrogen-bond acceptors (Lipinski definition) is 5. The summed E-state index contributed by atoms with van der Waals surface area (Å²) in [6.07, 6.45) is 2.97. The Morgan fingerprint density at radius 2 is 1.89 bits per heavy atom. The van der Waals surface area contributed by atoms with Gasteiger partial charge in [0, 0.05) is 18.5 Å². The molecule has 1 atom stereocenters. The van der Waals surface area contributed by atoms with E-state index in [1.54, 1.807) is 23.7 Å². The number of amides is 1. The highest BCUT2D eigenvalue weighted by molar-refractivity contribution is 7.82. The summed E-state index contributed by atoms with van der Waals surface area (Å²) in [5.41, 5.74) is 2.02. The Bertz CT molecular complexity index is 996. The van der Waals surface area contributed by atoms with E-state index in [-0.39, 0.29) is 11.7 Å². The van der Waals surface area contributed by atoms with E-state index in [1.807, 2.05) is 34.6 Å². The van der Waals surface area contributed by atoms with Crippen molar-refractivity contribution in [3.05, 3.63) is 60.4 Å². The number of piperidine rings is 1. The lowest BCUT2D eigenvalue weighted by atomic mass is 10.1. The van der Waals surface area contributed by atoms with Gasteiger partial charge in [-0.25, -0.2) is 14.0 Å². The van der Waals surface area contributed by atoms with E-state index in [0.717, 1.165) is 18.6 Å². The first-order valence-corrected chi connectivity index (χ1v) is 10.1. The number of fused-ring (bicyclic) bond motifs is 1. The first-order valence-electron chi connectivity index (χ1n) is 9.00. The summed E-state index contributed by atoms with van der Waals surface area (Å²) < 4.78 is 26.3. The van der Waals surface area contributed by atoms with E-state index in [0.29, 0.717) is 29.0 Å². The van der Waals surface area contributed by atoms with E-state index in [4.69, 9.17) is 14.4 Å². The van der Waals surface area contributed by atoms with Gasteiger partial charge in [0.05, 0.1) is 11.2 Å². The topological polar surface area (TPSA) is 92.0 Å². The number of hydroxylamine groups is 1. The monoisotopic (exact) mass is 400 g/mol. The van der Waals surface area contributed by atoms with Crippen molar-refractivity contribution < 1.29 is 23.4 Å². The number of nitrogens with one attached hydrogen (secondary N) is 1. The molecule has 0 spiro atoms. The highest BCUT2D eigenvalue weighted by Crippen LogP contribution is 2.28. The number of furan rings is 1. The molecule has 0 bridgehead atoms. The van der Waals surface area contributed by atoms with Gasteiger partial charge in [-0.15, -0.1) is 0 Å². The van der Waals surface area contributed by atoms with Gasteiger partial charge in [-0.05, 0) is 43.2 Å². The number of ether oxygens (including phenoxy) is 1. The van der Waals surface area contributed by atoms with Crippen LogP contribution in [0.3, 0.4) is 0 Å². The summed E-state index contributed by atoms with van der Waals surface area (Å²) in [5.74, 6) is 0.0819. The van der Waals surface area contributed by atoms with Crippen LogP contribution in [0.2, 0.25) is 0 Å². The van der Waals surface area contributed by atoms with Gasteiger partial charge in [-0.1, -0.05) is 18.2 Å². The van der Waals surface area contributed by atoms with Gasteiger partial charge in [0.1, 0.15) is 34.0 Å². The van der Waals surface area contributed by atoms with Crippen LogP contribution in [0.25, 0.3) is 11.0 Å². The van der Waals surface area contributed by atoms with Crippen molar-refractivity contribution in [2.75, 3.05) is 13.1 Å². The summed E-state index contributed by atoms with van der Waals surface area (Å²) in [6.45, 7) is 1.14. The van der Waals surface area contributed by atoms with E-state index < -0.39 is 16.9 Å². The van der Waals surface area contributed by atoms with Gasteiger partial charge >= 0.3 is 0 Å². The number of hydrogen-bond donors (Lipinski definition) is 2. The molecule has 0 aliphatic carbocycles. The lowest BCUT2D eigenvalue weighted by Crippen LogP contribution is -2.39. The maximum atomic E-state index is 13.2. The predicted molar refractivity (Wildman–Crippen MR) is 104 cm³/mol. The quantitative estimate of drug-likeness (QED) is 0.507. The predicted octanol–water partition coefficient (Wildman–Crippen LogP) is 3.12. The third-order valence-corrected chi connectivity index (χ3v) is 6.33. The van der Waals surface area contributed by atoms with Crippen LogP contribution in [-0.4, -0.2) is 38.8 Å². The molecule has 3 aromatic rings. The Kier molecular flexibility index (Phi) is 5.43. The highest BCUT2D eigenvalue weighted by Gasteiger charge is 2.29. The zero-order valence-corrected chi connectivity index (χ0v) is 15.9. The summed E-state index contributed by atoms with van der Waals surface area (Å²) >= 11 is 0. The third-order valence-electron chi connectivity index (χ3n) is 4.78. The first kappa shape index (κ1) is 18.7. The lowest BCUT2D eigenvalue weighted by molar-refractivity contribution is 0.0703. The average molecular weight is 400 g/mol. The third kappa shape index (κ3) is 3.66. The first-order chi connectivity index (χ1) is 13.7. The molecule has 7 nitrogen and oxygen atoms in total. The minimum absolute atomic E-state index is 0.0587. The second kappa shape index (κ2) is 8.14. The summed E-state index contributed by atoms with van der Waals surface area (Å²) in [5, 5.41) is 9.81. The molecule has 1 aliphatic rings. The summed E-state index contributed by atoms with van der Waals surface area (Å²) in [6, 6.07) is 14.7. The largest absolute Gasteiger partial charge is 0.490 e. The van der Waals surface area contributed by atoms with Gasteiger partial charge in [-0.3, -0.25) is 10.0 Å². The van der Waals surface area contributed by atoms with Gasteiger partial charge in [0.25, 0.3) is 5.91 Å². The fourth-order valence-corrected chi connectivity index (χ4v) is 4.74. The van der Waals surface area contributed by atoms with Crippen molar-refractivity contribution in [2.24, 2.45) is 0 Å². The van der Waals surface area contributed by atoms with Crippen molar-refractivity contribution >= 4 is 27.9 Å². The van der Waals surface area contributed by atoms with Crippen LogP contribution in [0.1, 0.15) is 23.2 Å². The Hall–Kier alpha value is -2.68. The van der Waals surface area contributed by atoms with Crippen molar-refractivity contribution in [3.63, 3.8) is 0 Å². The Morgan fingerprint density at radius 3 is 2.61 bits per heavy atom. The number of para-hydroxylation sites is 1. The minimum atomic E-state index is -1.56. The molecule has 2 N–H and O–H groups in total. The molecule has 1 fully saturated rings. The molecule has 1 aromatic heterocycles. The number of rotatable bonds is 5. The molecule has 146 valence electrons. The van der Waals surface area contributed by atoms with E-state index in [9.17, 15) is 9.00 Å². The molecule has 4 rings (SSSR count). The van der Waals surface area contributed by atoms with Crippen LogP contribution >= 0.6 is 0 Å². The standard InChI is InChI=1S/C20H20N2O5S/c23-20(21-24)18-17(7-6-14-10-13-26-19(14)18)28(25)22-11-8-16(9-12-22)27-15-4-2-1-3-5-15/h1-7,10,13,16,24H,8-9,11-12H2,(H,21,23). The van der Waals surface area contributed by atoms with Crippen molar-refractivity contribution in [1.82, 2.24) is 9.79 Å². The molecule has 0 saturated carbocycles. The maximum Gasteiger partial charge on any atom is 0.279 e. The normalized spacial score (nSPS) is 16.8. The van der Waals surface area contributed by atoms with Gasteiger partial charge in [0.15, 0.2) is 0 Å². The molecule has 1 saturated heterocycles. The molecule has 0 radical (unpaired) electrons. The van der Waals surface area contributed by atoms with Crippen LogP contribution in [0.5, 0.6) is 5.75 Å². The molecule has 1 aliphatic heterocycles. The number of carbonyl (C=O) groups excluding carboxylic acids is 1. The van der Waals surface area contributed by atoms with Gasteiger partial charge in [-0.2, -0.15) is 0 Å². The molecular formula is C20H20N2O5S. The van der Waals surface area contributed by atoms with Crippen LogP contribution < -0.4 is 10.2 Å². The molecule has 2 aromatic carbocycles. The van der Waals surface area contributed by atoms with Crippen molar-refractivity contribution in [2.45, 2.75) is 23.8 Å². The van der Waals surface area contributed by atoms with Crippen LogP contribution in [-0.2, 0) is 11.0 Å². The average Bonchev–Trinajstić information content (AvgIpc) is 3.22. The molecule has 8 heteroatoms. The Morgan fingerprint density at radius 1 is 1.14 bits per heavy atom. The summed E-state index contributed by atoms with van der Waals surface area (Å²) in [7, 11) is -1.56. The van der Waals surface area contributed by atoms with E-state index >= 15 is 0 Å². The fourth-order valence-electron chi connectivity index (χ4n) is 3.38. The molecule has 1 amide bonds. The van der Waals surface area contributed by atoms with Gasteiger partial charge in [0.2, 0.25) is 0 Å². The zero-order valence-electron chi connectivity index (χ0n) is 15.0. The molecule has 2 heterocycles. The lowest BCUT2D eigenvalue weighted by Gasteiger charge is -2.31. The van der Waals surface area contributed by atoms with Crippen LogP contribution in [0, 0.1) is 0 Å². The smallest absolute Gasteiger partial charge is 0.279 e. The minimum Gasteiger partial charge on any atom is -0.490 e. The number of benzene rings is 2. The second-order valence-corrected chi connectivity index (χ2v) is 7.98. The SMILES string of the molecule is O=C(NO)c1c(S(=O)N2CCC(Oc3ccccc3)CC2)ccc2ccoc12. The van der Waals surface area contributed by atoms with Crippen LogP contribution in [0.4, 0.5) is 0 Å². The fraction of sp³-hybridized carbons (Fsp3) is 0.250. The molecular weight excluding hydrogens is 380 g/mol. The maximum absolute atomic E-state index is 13.2.